The number of aryl methyl sites for hydroxylation is 1. The summed E-state index contributed by atoms with van der Waals surface area (Å²) < 4.78 is 13.7. The third-order valence-electron chi connectivity index (χ3n) is 2.65. The zero-order valence-corrected chi connectivity index (χ0v) is 11.9. The predicted molar refractivity (Wildman–Crippen MR) is 77.7 cm³/mol. The van der Waals surface area contributed by atoms with E-state index in [9.17, 15) is 14.5 Å². The summed E-state index contributed by atoms with van der Waals surface area (Å²) in [5.41, 5.74) is -0.177. The number of aromatic nitrogens is 2. The minimum atomic E-state index is -0.625. The fourth-order valence-electron chi connectivity index (χ4n) is 1.71. The van der Waals surface area contributed by atoms with Crippen LogP contribution in [0.2, 0.25) is 5.02 Å². The van der Waals surface area contributed by atoms with Gasteiger partial charge in [0.15, 0.2) is 0 Å². The van der Waals surface area contributed by atoms with Crippen LogP contribution in [0.4, 0.5) is 27.5 Å². The zero-order chi connectivity index (χ0) is 15.6. The molecule has 0 fully saturated rings. The molecule has 0 amide bonds. The number of hydrogen-bond acceptors (Lipinski definition) is 6. The molecule has 0 saturated carbocycles. The van der Waals surface area contributed by atoms with Crippen molar-refractivity contribution in [3.05, 3.63) is 44.8 Å². The molecule has 1 heterocycles. The van der Waals surface area contributed by atoms with Gasteiger partial charge in [0.2, 0.25) is 11.8 Å². The van der Waals surface area contributed by atoms with Gasteiger partial charge in [0.25, 0.3) is 0 Å². The number of hydrogen-bond donors (Lipinski definition) is 2. The van der Waals surface area contributed by atoms with Gasteiger partial charge in [-0.15, -0.1) is 0 Å². The van der Waals surface area contributed by atoms with Crippen molar-refractivity contribution in [2.75, 3.05) is 17.7 Å². The number of nitro groups is 1. The summed E-state index contributed by atoms with van der Waals surface area (Å²) in [4.78, 5) is 18.4. The van der Waals surface area contributed by atoms with Crippen LogP contribution in [-0.4, -0.2) is 21.9 Å². The summed E-state index contributed by atoms with van der Waals surface area (Å²) in [6, 6.07) is 3.85. The van der Waals surface area contributed by atoms with Crippen LogP contribution < -0.4 is 10.6 Å². The van der Waals surface area contributed by atoms with Crippen LogP contribution in [0.3, 0.4) is 0 Å². The maximum absolute atomic E-state index is 13.7. The SMILES string of the molecule is CNc1nc(C)c([N+](=O)[O-])c(Nc2cc(Cl)ccc2F)n1. The normalized spacial score (nSPS) is 10.3. The lowest BCUT2D eigenvalue weighted by molar-refractivity contribution is -0.385. The third-order valence-corrected chi connectivity index (χ3v) is 2.88. The second-order valence-corrected chi connectivity index (χ2v) is 4.52. The van der Waals surface area contributed by atoms with Gasteiger partial charge in [0, 0.05) is 12.1 Å². The minimum Gasteiger partial charge on any atom is -0.357 e. The van der Waals surface area contributed by atoms with E-state index in [4.69, 9.17) is 11.6 Å². The standard InChI is InChI=1S/C12H11ClFN5O2/c1-6-10(19(20)21)11(18-12(15-2)16-6)17-9-5-7(13)3-4-8(9)14/h3-5H,1-2H3,(H2,15,16,17,18). The average Bonchev–Trinajstić information content (AvgIpc) is 2.41. The van der Waals surface area contributed by atoms with Gasteiger partial charge in [0.1, 0.15) is 11.5 Å². The van der Waals surface area contributed by atoms with Crippen molar-refractivity contribution in [1.29, 1.82) is 0 Å². The molecule has 0 atom stereocenters. The molecule has 21 heavy (non-hydrogen) atoms. The van der Waals surface area contributed by atoms with Gasteiger partial charge >= 0.3 is 5.69 Å². The first-order valence-corrected chi connectivity index (χ1v) is 6.23. The fourth-order valence-corrected chi connectivity index (χ4v) is 1.88. The molecule has 1 aromatic heterocycles. The van der Waals surface area contributed by atoms with Crippen LogP contribution in [0, 0.1) is 22.9 Å². The van der Waals surface area contributed by atoms with E-state index < -0.39 is 10.7 Å². The zero-order valence-electron chi connectivity index (χ0n) is 11.1. The Bertz CT molecular complexity index is 710. The molecule has 0 spiro atoms. The van der Waals surface area contributed by atoms with E-state index in [0.717, 1.165) is 6.07 Å². The maximum Gasteiger partial charge on any atom is 0.332 e. The number of benzene rings is 1. The van der Waals surface area contributed by atoms with Gasteiger partial charge in [-0.25, -0.2) is 9.37 Å². The Kier molecular flexibility index (Phi) is 4.18. The van der Waals surface area contributed by atoms with E-state index in [-0.39, 0.29) is 28.8 Å². The average molecular weight is 312 g/mol. The molecular formula is C12H11ClFN5O2. The van der Waals surface area contributed by atoms with Crippen molar-refractivity contribution in [1.82, 2.24) is 9.97 Å². The lowest BCUT2D eigenvalue weighted by Crippen LogP contribution is -2.07. The van der Waals surface area contributed by atoms with Crippen molar-refractivity contribution >= 4 is 34.7 Å². The van der Waals surface area contributed by atoms with Gasteiger partial charge in [-0.1, -0.05) is 11.6 Å². The summed E-state index contributed by atoms with van der Waals surface area (Å²) in [6.45, 7) is 1.47. The monoisotopic (exact) mass is 311 g/mol. The van der Waals surface area contributed by atoms with Gasteiger partial charge in [-0.3, -0.25) is 10.1 Å². The molecule has 9 heteroatoms. The first kappa shape index (κ1) is 14.9. The van der Waals surface area contributed by atoms with E-state index in [0.29, 0.717) is 5.02 Å². The molecule has 110 valence electrons. The minimum absolute atomic E-state index is 0.00856. The number of nitrogens with one attached hydrogen (secondary N) is 2. The summed E-state index contributed by atoms with van der Waals surface area (Å²) >= 11 is 5.79. The Morgan fingerprint density at radius 1 is 1.38 bits per heavy atom. The van der Waals surface area contributed by atoms with Crippen LogP contribution in [0.1, 0.15) is 5.69 Å². The second-order valence-electron chi connectivity index (χ2n) is 4.09. The van der Waals surface area contributed by atoms with Crippen molar-refractivity contribution in [2.24, 2.45) is 0 Å². The quantitative estimate of drug-likeness (QED) is 0.665. The molecule has 0 aliphatic heterocycles. The number of nitrogens with zero attached hydrogens (tertiary/aromatic N) is 3. The Balaban J connectivity index is 2.54. The van der Waals surface area contributed by atoms with E-state index in [1.54, 1.807) is 7.05 Å². The lowest BCUT2D eigenvalue weighted by atomic mass is 10.3. The van der Waals surface area contributed by atoms with Crippen molar-refractivity contribution < 1.29 is 9.31 Å². The highest BCUT2D eigenvalue weighted by atomic mass is 35.5. The molecule has 1 aromatic carbocycles. The summed E-state index contributed by atoms with van der Waals surface area (Å²) in [7, 11) is 1.57. The Labute approximate surface area is 124 Å². The first-order chi connectivity index (χ1) is 9.92. The van der Waals surface area contributed by atoms with Gasteiger partial charge in [0.05, 0.1) is 10.6 Å². The largest absolute Gasteiger partial charge is 0.357 e. The smallest absolute Gasteiger partial charge is 0.332 e. The first-order valence-electron chi connectivity index (χ1n) is 5.85. The van der Waals surface area contributed by atoms with Gasteiger partial charge in [-0.2, -0.15) is 4.98 Å². The van der Waals surface area contributed by atoms with Crippen molar-refractivity contribution in [3.8, 4) is 0 Å². The molecule has 0 aliphatic carbocycles. The van der Waals surface area contributed by atoms with Crippen LogP contribution in [0.5, 0.6) is 0 Å². The van der Waals surface area contributed by atoms with E-state index >= 15 is 0 Å². The van der Waals surface area contributed by atoms with Crippen LogP contribution in [0.25, 0.3) is 0 Å². The number of halogens is 2. The molecule has 0 bridgehead atoms. The molecule has 2 rings (SSSR count). The Hall–Kier alpha value is -2.48. The van der Waals surface area contributed by atoms with Gasteiger partial charge < -0.3 is 10.6 Å². The van der Waals surface area contributed by atoms with E-state index in [1.807, 2.05) is 0 Å². The summed E-state index contributed by atoms with van der Waals surface area (Å²) in [5.74, 6) is -0.531. The molecule has 2 N–H and O–H groups in total. The highest BCUT2D eigenvalue weighted by Gasteiger charge is 2.22. The van der Waals surface area contributed by atoms with Crippen molar-refractivity contribution in [2.45, 2.75) is 6.92 Å². The summed E-state index contributed by atoms with van der Waals surface area (Å²) in [6.07, 6.45) is 0. The van der Waals surface area contributed by atoms with Crippen LogP contribution in [0.15, 0.2) is 18.2 Å². The van der Waals surface area contributed by atoms with E-state index in [2.05, 4.69) is 20.6 Å². The highest BCUT2D eigenvalue weighted by molar-refractivity contribution is 6.30. The molecule has 0 unspecified atom stereocenters. The highest BCUT2D eigenvalue weighted by Crippen LogP contribution is 2.31. The van der Waals surface area contributed by atoms with Crippen LogP contribution in [-0.2, 0) is 0 Å². The summed E-state index contributed by atoms with van der Waals surface area (Å²) in [5, 5.41) is 16.7. The third kappa shape index (κ3) is 3.16. The topological polar surface area (TPSA) is 93.0 Å². The van der Waals surface area contributed by atoms with Gasteiger partial charge in [-0.05, 0) is 25.1 Å². The molecule has 0 saturated heterocycles. The van der Waals surface area contributed by atoms with E-state index in [1.165, 1.54) is 19.1 Å². The molecule has 7 nitrogen and oxygen atoms in total. The number of anilines is 3. The predicted octanol–water partition coefficient (Wildman–Crippen LogP) is 3.27. The lowest BCUT2D eigenvalue weighted by Gasteiger charge is -2.10. The second kappa shape index (κ2) is 5.88. The maximum atomic E-state index is 13.7. The molecule has 2 aromatic rings. The molecular weight excluding hydrogens is 301 g/mol. The fraction of sp³-hybridized carbons (Fsp3) is 0.167. The molecule has 0 aliphatic rings. The van der Waals surface area contributed by atoms with Crippen molar-refractivity contribution in [3.63, 3.8) is 0 Å². The molecule has 0 radical (unpaired) electrons. The Morgan fingerprint density at radius 2 is 2.10 bits per heavy atom. The number of rotatable bonds is 4. The van der Waals surface area contributed by atoms with Crippen LogP contribution >= 0.6 is 11.6 Å². The Morgan fingerprint density at radius 3 is 2.71 bits per heavy atom.